The Balaban J connectivity index is 0.00000180. The number of benzene rings is 1. The third-order valence-electron chi connectivity index (χ3n) is 3.48. The molecule has 1 aromatic carbocycles. The van der Waals surface area contributed by atoms with Crippen LogP contribution < -0.4 is 10.6 Å². The van der Waals surface area contributed by atoms with E-state index in [1.165, 1.54) is 18.4 Å². The number of nitrogens with zero attached hydrogens (tertiary/aromatic N) is 1. The van der Waals surface area contributed by atoms with Gasteiger partial charge in [0.2, 0.25) is 0 Å². The van der Waals surface area contributed by atoms with E-state index < -0.39 is 0 Å². The van der Waals surface area contributed by atoms with Gasteiger partial charge in [-0.2, -0.15) is 0 Å². The highest BCUT2D eigenvalue weighted by Crippen LogP contribution is 2.47. The van der Waals surface area contributed by atoms with Gasteiger partial charge in [0.25, 0.3) is 0 Å². The first-order chi connectivity index (χ1) is 8.66. The normalized spacial score (nSPS) is 16.7. The van der Waals surface area contributed by atoms with E-state index in [0.29, 0.717) is 11.5 Å². The van der Waals surface area contributed by atoms with Crippen LogP contribution in [0.25, 0.3) is 0 Å². The summed E-state index contributed by atoms with van der Waals surface area (Å²) in [5.74, 6) is 0.896. The molecule has 0 spiro atoms. The average Bonchev–Trinajstić information content (AvgIpc) is 3.16. The van der Waals surface area contributed by atoms with Crippen LogP contribution in [-0.4, -0.2) is 25.6 Å². The van der Waals surface area contributed by atoms with Gasteiger partial charge in [0, 0.05) is 25.0 Å². The van der Waals surface area contributed by atoms with Crippen molar-refractivity contribution in [1.29, 1.82) is 0 Å². The highest BCUT2D eigenvalue weighted by Gasteiger charge is 2.43. The van der Waals surface area contributed by atoms with Gasteiger partial charge in [-0.3, -0.25) is 4.99 Å². The van der Waals surface area contributed by atoms with Gasteiger partial charge in [-0.1, -0.05) is 30.3 Å². The van der Waals surface area contributed by atoms with Crippen molar-refractivity contribution in [1.82, 2.24) is 10.6 Å². The Hall–Kier alpha value is -0.780. The van der Waals surface area contributed by atoms with Crippen LogP contribution in [0.4, 0.5) is 0 Å². The molecule has 4 heteroatoms. The molecule has 0 amide bonds. The molecule has 1 aliphatic rings. The van der Waals surface area contributed by atoms with Crippen LogP contribution in [0.15, 0.2) is 35.3 Å². The molecular weight excluding hydrogens is 349 g/mol. The van der Waals surface area contributed by atoms with Gasteiger partial charge in [-0.15, -0.1) is 24.0 Å². The fraction of sp³-hybridized carbons (Fsp3) is 0.533. The lowest BCUT2D eigenvalue weighted by Crippen LogP contribution is -2.43. The van der Waals surface area contributed by atoms with E-state index in [9.17, 15) is 0 Å². The third kappa shape index (κ3) is 4.37. The van der Waals surface area contributed by atoms with Crippen LogP contribution in [0.1, 0.15) is 32.3 Å². The molecule has 3 nitrogen and oxygen atoms in total. The van der Waals surface area contributed by atoms with Crippen molar-refractivity contribution in [3.05, 3.63) is 35.9 Å². The zero-order chi connectivity index (χ0) is 13.0. The smallest absolute Gasteiger partial charge is 0.191 e. The third-order valence-corrected chi connectivity index (χ3v) is 3.48. The zero-order valence-electron chi connectivity index (χ0n) is 11.9. The summed E-state index contributed by atoms with van der Waals surface area (Å²) in [5, 5.41) is 6.76. The van der Waals surface area contributed by atoms with Gasteiger partial charge < -0.3 is 10.6 Å². The van der Waals surface area contributed by atoms with Crippen molar-refractivity contribution in [2.45, 2.75) is 38.1 Å². The predicted octanol–water partition coefficient (Wildman–Crippen LogP) is 2.91. The molecule has 2 N–H and O–H groups in total. The van der Waals surface area contributed by atoms with E-state index in [1.54, 1.807) is 0 Å². The van der Waals surface area contributed by atoms with Crippen LogP contribution in [0.2, 0.25) is 0 Å². The number of halogens is 1. The molecule has 0 unspecified atom stereocenters. The number of rotatable bonds is 4. The van der Waals surface area contributed by atoms with E-state index in [1.807, 2.05) is 7.05 Å². The zero-order valence-corrected chi connectivity index (χ0v) is 14.3. The van der Waals surface area contributed by atoms with Gasteiger partial charge in [0.05, 0.1) is 0 Å². The molecule has 1 aromatic rings. The van der Waals surface area contributed by atoms with E-state index >= 15 is 0 Å². The first-order valence-electron chi connectivity index (χ1n) is 6.69. The number of hydrogen-bond donors (Lipinski definition) is 2. The lowest BCUT2D eigenvalue weighted by molar-refractivity contribution is 0.630. The Labute approximate surface area is 133 Å². The van der Waals surface area contributed by atoms with Crippen LogP contribution in [-0.2, 0) is 5.41 Å². The molecule has 0 saturated heterocycles. The number of nitrogens with one attached hydrogen (secondary N) is 2. The van der Waals surface area contributed by atoms with Gasteiger partial charge in [0.15, 0.2) is 5.96 Å². The minimum Gasteiger partial charge on any atom is -0.356 e. The van der Waals surface area contributed by atoms with Crippen molar-refractivity contribution in [2.24, 2.45) is 4.99 Å². The molecule has 19 heavy (non-hydrogen) atoms. The van der Waals surface area contributed by atoms with Crippen LogP contribution >= 0.6 is 24.0 Å². The van der Waals surface area contributed by atoms with E-state index in [-0.39, 0.29) is 24.0 Å². The van der Waals surface area contributed by atoms with Gasteiger partial charge in [0.1, 0.15) is 0 Å². The molecule has 0 aliphatic heterocycles. The summed E-state index contributed by atoms with van der Waals surface area (Å²) in [6, 6.07) is 11.2. The SMILES string of the molecule is CN=C(NCC1(c2ccccc2)CC1)NC(C)C.I. The maximum atomic E-state index is 4.25. The summed E-state index contributed by atoms with van der Waals surface area (Å²) in [7, 11) is 1.82. The Kier molecular flexibility index (Phi) is 6.10. The highest BCUT2D eigenvalue weighted by atomic mass is 127. The van der Waals surface area contributed by atoms with Crippen molar-refractivity contribution in [3.8, 4) is 0 Å². The molecule has 0 aromatic heterocycles. The second-order valence-corrected chi connectivity index (χ2v) is 5.37. The maximum Gasteiger partial charge on any atom is 0.191 e. The molecule has 106 valence electrons. The summed E-state index contributed by atoms with van der Waals surface area (Å²) in [6.07, 6.45) is 2.53. The summed E-state index contributed by atoms with van der Waals surface area (Å²) in [5.41, 5.74) is 1.77. The summed E-state index contributed by atoms with van der Waals surface area (Å²) >= 11 is 0. The molecular formula is C15H24IN3. The maximum absolute atomic E-state index is 4.25. The van der Waals surface area contributed by atoms with Crippen LogP contribution in [0.3, 0.4) is 0 Å². The number of hydrogen-bond acceptors (Lipinski definition) is 1. The fourth-order valence-corrected chi connectivity index (χ4v) is 2.23. The van der Waals surface area contributed by atoms with E-state index in [2.05, 4.69) is 59.8 Å². The van der Waals surface area contributed by atoms with Crippen LogP contribution in [0, 0.1) is 0 Å². The Morgan fingerprint density at radius 3 is 2.37 bits per heavy atom. The molecule has 0 atom stereocenters. The van der Waals surface area contributed by atoms with Crippen molar-refractivity contribution in [2.75, 3.05) is 13.6 Å². The Morgan fingerprint density at radius 2 is 1.89 bits per heavy atom. The molecule has 0 heterocycles. The second-order valence-electron chi connectivity index (χ2n) is 5.37. The summed E-state index contributed by atoms with van der Waals surface area (Å²) in [6.45, 7) is 5.21. The standard InChI is InChI=1S/C15H23N3.HI/c1-12(2)18-14(16-3)17-11-15(9-10-15)13-7-5-4-6-8-13;/h4-8,12H,9-11H2,1-3H3,(H2,16,17,18);1H. The largest absolute Gasteiger partial charge is 0.356 e. The van der Waals surface area contributed by atoms with Gasteiger partial charge in [-0.05, 0) is 32.3 Å². The predicted molar refractivity (Wildman–Crippen MR) is 92.4 cm³/mol. The summed E-state index contributed by atoms with van der Waals surface area (Å²) < 4.78 is 0. The minimum atomic E-state index is 0. The fourth-order valence-electron chi connectivity index (χ4n) is 2.23. The topological polar surface area (TPSA) is 36.4 Å². The van der Waals surface area contributed by atoms with Crippen LogP contribution in [0.5, 0.6) is 0 Å². The van der Waals surface area contributed by atoms with Crippen molar-refractivity contribution in [3.63, 3.8) is 0 Å². The van der Waals surface area contributed by atoms with Gasteiger partial charge in [-0.25, -0.2) is 0 Å². The highest BCUT2D eigenvalue weighted by molar-refractivity contribution is 14.0. The lowest BCUT2D eigenvalue weighted by atomic mass is 9.96. The Morgan fingerprint density at radius 1 is 1.26 bits per heavy atom. The monoisotopic (exact) mass is 373 g/mol. The van der Waals surface area contributed by atoms with Gasteiger partial charge >= 0.3 is 0 Å². The summed E-state index contributed by atoms with van der Waals surface area (Å²) in [4.78, 5) is 4.25. The average molecular weight is 373 g/mol. The van der Waals surface area contributed by atoms with E-state index in [0.717, 1.165) is 12.5 Å². The molecule has 2 rings (SSSR count). The first-order valence-corrected chi connectivity index (χ1v) is 6.69. The van der Waals surface area contributed by atoms with Crippen molar-refractivity contribution < 1.29 is 0 Å². The lowest BCUT2D eigenvalue weighted by Gasteiger charge is -2.20. The quantitative estimate of drug-likeness (QED) is 0.484. The molecule has 1 saturated carbocycles. The second kappa shape index (κ2) is 7.12. The number of aliphatic imine (C=N–C) groups is 1. The molecule has 1 fully saturated rings. The van der Waals surface area contributed by atoms with E-state index in [4.69, 9.17) is 0 Å². The Bertz CT molecular complexity index is 411. The first kappa shape index (κ1) is 16.3. The molecule has 0 radical (unpaired) electrons. The number of guanidine groups is 1. The molecule has 1 aliphatic carbocycles. The van der Waals surface area contributed by atoms with Crippen molar-refractivity contribution >= 4 is 29.9 Å². The minimum absolute atomic E-state index is 0. The molecule has 0 bridgehead atoms.